The third kappa shape index (κ3) is 5.22. The third-order valence-electron chi connectivity index (χ3n) is 4.69. The summed E-state index contributed by atoms with van der Waals surface area (Å²) in [4.78, 5) is 26.2. The molecule has 5 nitrogen and oxygen atoms in total. The number of ether oxygens (including phenoxy) is 2. The Morgan fingerprint density at radius 1 is 1.38 bits per heavy atom. The predicted octanol–water partition coefficient (Wildman–Crippen LogP) is 4.47. The van der Waals surface area contributed by atoms with Gasteiger partial charge in [-0.1, -0.05) is 6.07 Å². The Morgan fingerprint density at radius 3 is 2.69 bits per heavy atom. The molecule has 1 aliphatic rings. The SMILES string of the molecule is CC(=O)c1sc(Cc2ccc(I)cc2F)c(C(=O)NC[C@@H]2COC(C)(C)O2)c1C. The van der Waals surface area contributed by atoms with E-state index in [0.717, 1.165) is 3.57 Å². The molecule has 0 radical (unpaired) electrons. The van der Waals surface area contributed by atoms with Gasteiger partial charge in [0.1, 0.15) is 11.9 Å². The van der Waals surface area contributed by atoms with Crippen molar-refractivity contribution in [2.45, 2.75) is 46.0 Å². The van der Waals surface area contributed by atoms with Crippen molar-refractivity contribution in [3.63, 3.8) is 0 Å². The zero-order valence-corrected chi connectivity index (χ0v) is 19.7. The van der Waals surface area contributed by atoms with Gasteiger partial charge in [0, 0.05) is 21.4 Å². The van der Waals surface area contributed by atoms with Gasteiger partial charge in [-0.3, -0.25) is 9.59 Å². The molecule has 1 atom stereocenters. The van der Waals surface area contributed by atoms with Crippen LogP contribution in [0.15, 0.2) is 18.2 Å². The summed E-state index contributed by atoms with van der Waals surface area (Å²) in [6.45, 7) is 7.57. The van der Waals surface area contributed by atoms with Crippen LogP contribution in [0.5, 0.6) is 0 Å². The van der Waals surface area contributed by atoms with Gasteiger partial charge < -0.3 is 14.8 Å². The Hall–Kier alpha value is -1.36. The van der Waals surface area contributed by atoms with E-state index in [1.807, 2.05) is 19.9 Å². The molecule has 2 heterocycles. The maximum atomic E-state index is 14.4. The average Bonchev–Trinajstić information content (AvgIpc) is 3.14. The van der Waals surface area contributed by atoms with Crippen LogP contribution in [-0.2, 0) is 15.9 Å². The highest BCUT2D eigenvalue weighted by Crippen LogP contribution is 2.31. The average molecular weight is 531 g/mol. The first-order chi connectivity index (χ1) is 13.6. The lowest BCUT2D eigenvalue weighted by Crippen LogP contribution is -2.35. The molecule has 1 N–H and O–H groups in total. The standard InChI is InChI=1S/C21H23FINO4S/c1-11-18(20(26)24-9-15-10-27-21(3,4)28-15)17(29-19(11)12(2)25)7-13-5-6-14(23)8-16(13)22/h5-6,8,15H,7,9-10H2,1-4H3,(H,24,26)/t15-/m1/s1. The van der Waals surface area contributed by atoms with E-state index in [4.69, 9.17) is 9.47 Å². The van der Waals surface area contributed by atoms with Crippen LogP contribution >= 0.6 is 33.9 Å². The second-order valence-electron chi connectivity index (χ2n) is 7.48. The normalized spacial score (nSPS) is 18.1. The van der Waals surface area contributed by atoms with Crippen LogP contribution in [-0.4, -0.2) is 36.7 Å². The van der Waals surface area contributed by atoms with Gasteiger partial charge in [0.15, 0.2) is 11.6 Å². The lowest BCUT2D eigenvalue weighted by atomic mass is 10.0. The number of carbonyl (C=O) groups excluding carboxylic acids is 2. The highest BCUT2D eigenvalue weighted by atomic mass is 127. The first kappa shape index (κ1) is 22.3. The van der Waals surface area contributed by atoms with Gasteiger partial charge in [-0.25, -0.2) is 4.39 Å². The van der Waals surface area contributed by atoms with Crippen LogP contribution in [0.1, 0.15) is 56.8 Å². The van der Waals surface area contributed by atoms with Gasteiger partial charge in [0.05, 0.1) is 17.0 Å². The highest BCUT2D eigenvalue weighted by molar-refractivity contribution is 14.1. The number of carbonyl (C=O) groups is 2. The lowest BCUT2D eigenvalue weighted by Gasteiger charge is -2.17. The molecule has 0 spiro atoms. The summed E-state index contributed by atoms with van der Waals surface area (Å²) in [5.74, 6) is -1.38. The summed E-state index contributed by atoms with van der Waals surface area (Å²) in [6, 6.07) is 5.00. The Kier molecular flexibility index (Phi) is 6.77. The van der Waals surface area contributed by atoms with Crippen LogP contribution in [0.4, 0.5) is 4.39 Å². The number of halogens is 2. The first-order valence-corrected chi connectivity index (χ1v) is 11.1. The fourth-order valence-corrected chi connectivity index (χ4v) is 5.00. The lowest BCUT2D eigenvalue weighted by molar-refractivity contribution is -0.137. The van der Waals surface area contributed by atoms with E-state index < -0.39 is 5.79 Å². The summed E-state index contributed by atoms with van der Waals surface area (Å²) in [5, 5.41) is 2.88. The smallest absolute Gasteiger partial charge is 0.252 e. The van der Waals surface area contributed by atoms with E-state index in [1.165, 1.54) is 24.3 Å². The monoisotopic (exact) mass is 531 g/mol. The molecule has 1 aromatic heterocycles. The minimum atomic E-state index is -0.664. The highest BCUT2D eigenvalue weighted by Gasteiger charge is 2.33. The van der Waals surface area contributed by atoms with Gasteiger partial charge >= 0.3 is 0 Å². The van der Waals surface area contributed by atoms with E-state index in [1.54, 1.807) is 13.0 Å². The number of hydrogen-bond acceptors (Lipinski definition) is 5. The van der Waals surface area contributed by atoms with Crippen LogP contribution in [0.25, 0.3) is 0 Å². The molecule has 2 aromatic rings. The number of rotatable bonds is 6. The number of nitrogens with one attached hydrogen (secondary N) is 1. The van der Waals surface area contributed by atoms with Crippen LogP contribution in [0.2, 0.25) is 0 Å². The second kappa shape index (κ2) is 8.79. The second-order valence-corrected chi connectivity index (χ2v) is 9.83. The van der Waals surface area contributed by atoms with Gasteiger partial charge in [0.25, 0.3) is 5.91 Å². The molecule has 3 rings (SSSR count). The summed E-state index contributed by atoms with van der Waals surface area (Å²) >= 11 is 3.31. The zero-order chi connectivity index (χ0) is 21.3. The van der Waals surface area contributed by atoms with Crippen molar-refractivity contribution in [2.75, 3.05) is 13.2 Å². The van der Waals surface area contributed by atoms with Crippen molar-refractivity contribution < 1.29 is 23.5 Å². The maximum Gasteiger partial charge on any atom is 0.252 e. The van der Waals surface area contributed by atoms with E-state index >= 15 is 0 Å². The fourth-order valence-electron chi connectivity index (χ4n) is 3.33. The Morgan fingerprint density at radius 2 is 2.10 bits per heavy atom. The zero-order valence-electron chi connectivity index (χ0n) is 16.7. The molecule has 0 unspecified atom stereocenters. The van der Waals surface area contributed by atoms with E-state index in [9.17, 15) is 14.0 Å². The largest absolute Gasteiger partial charge is 0.349 e. The van der Waals surface area contributed by atoms with Crippen LogP contribution in [0.3, 0.4) is 0 Å². The Labute approximate surface area is 187 Å². The number of thiophene rings is 1. The van der Waals surface area contributed by atoms with Crippen molar-refractivity contribution in [3.05, 3.63) is 54.0 Å². The molecule has 1 aliphatic heterocycles. The van der Waals surface area contributed by atoms with E-state index in [2.05, 4.69) is 27.9 Å². The van der Waals surface area contributed by atoms with Gasteiger partial charge in [-0.15, -0.1) is 11.3 Å². The summed E-state index contributed by atoms with van der Waals surface area (Å²) < 4.78 is 26.4. The number of amides is 1. The number of ketones is 1. The fraction of sp³-hybridized carbons (Fsp3) is 0.429. The molecule has 0 bridgehead atoms. The number of benzene rings is 1. The molecule has 1 saturated heterocycles. The van der Waals surface area contributed by atoms with E-state index in [-0.39, 0.29) is 30.0 Å². The third-order valence-corrected chi connectivity index (χ3v) is 6.75. The molecule has 1 amide bonds. The number of hydrogen-bond donors (Lipinski definition) is 1. The molecule has 1 aromatic carbocycles. The topological polar surface area (TPSA) is 64.6 Å². The van der Waals surface area contributed by atoms with E-state index in [0.29, 0.717) is 39.6 Å². The van der Waals surface area contributed by atoms with Crippen molar-refractivity contribution in [3.8, 4) is 0 Å². The van der Waals surface area contributed by atoms with Crippen molar-refractivity contribution in [1.29, 1.82) is 0 Å². The van der Waals surface area contributed by atoms with Crippen LogP contribution in [0, 0.1) is 16.3 Å². The first-order valence-electron chi connectivity index (χ1n) is 9.24. The molecule has 0 saturated carbocycles. The van der Waals surface area contributed by atoms with Gasteiger partial charge in [-0.2, -0.15) is 0 Å². The minimum Gasteiger partial charge on any atom is -0.349 e. The van der Waals surface area contributed by atoms with Crippen LogP contribution < -0.4 is 5.32 Å². The molecular formula is C21H23FINO4S. The minimum absolute atomic E-state index is 0.106. The van der Waals surface area contributed by atoms with Crippen molar-refractivity contribution in [2.24, 2.45) is 0 Å². The molecule has 1 fully saturated rings. The molecule has 8 heteroatoms. The summed E-state index contributed by atoms with van der Waals surface area (Å²) in [5.41, 5.74) is 1.56. The molecule has 156 valence electrons. The van der Waals surface area contributed by atoms with Crippen molar-refractivity contribution in [1.82, 2.24) is 5.32 Å². The summed E-state index contributed by atoms with van der Waals surface area (Å²) in [6.07, 6.45) is 0.0117. The Bertz CT molecular complexity index is 956. The molecular weight excluding hydrogens is 508 g/mol. The Balaban J connectivity index is 1.84. The molecule has 0 aliphatic carbocycles. The number of Topliss-reactive ketones (excluding diaryl/α,β-unsaturated/α-hetero) is 1. The predicted molar refractivity (Wildman–Crippen MR) is 118 cm³/mol. The molecule has 29 heavy (non-hydrogen) atoms. The van der Waals surface area contributed by atoms with Gasteiger partial charge in [0.2, 0.25) is 0 Å². The van der Waals surface area contributed by atoms with Crippen molar-refractivity contribution >= 4 is 45.6 Å². The maximum absolute atomic E-state index is 14.4. The van der Waals surface area contributed by atoms with Gasteiger partial charge in [-0.05, 0) is 73.5 Å². The summed E-state index contributed by atoms with van der Waals surface area (Å²) in [7, 11) is 0. The quantitative estimate of drug-likeness (QED) is 0.442.